The summed E-state index contributed by atoms with van der Waals surface area (Å²) >= 11 is 0. The molecule has 2 aliphatic rings. The fourth-order valence-electron chi connectivity index (χ4n) is 3.22. The van der Waals surface area contributed by atoms with Gasteiger partial charge < -0.3 is 19.9 Å². The third-order valence-corrected chi connectivity index (χ3v) is 4.53. The average Bonchev–Trinajstić information content (AvgIpc) is 3.27. The molecule has 0 saturated carbocycles. The summed E-state index contributed by atoms with van der Waals surface area (Å²) in [6.45, 7) is 4.12. The number of aromatic nitrogens is 2. The first-order chi connectivity index (χ1) is 11.7. The van der Waals surface area contributed by atoms with E-state index in [4.69, 9.17) is 4.74 Å². The molecule has 0 bridgehead atoms. The number of ether oxygens (including phenoxy) is 1. The van der Waals surface area contributed by atoms with E-state index >= 15 is 0 Å². The third kappa shape index (κ3) is 5.06. The van der Waals surface area contributed by atoms with Gasteiger partial charge in [-0.25, -0.2) is 0 Å². The van der Waals surface area contributed by atoms with Gasteiger partial charge in [-0.2, -0.15) is 5.10 Å². The Hall–Kier alpha value is -1.36. The number of morpholine rings is 1. The number of rotatable bonds is 3. The molecular formula is C16H27IN6O2. The molecule has 8 nitrogen and oxygen atoms in total. The van der Waals surface area contributed by atoms with Crippen LogP contribution < -0.4 is 5.32 Å². The number of nitrogens with one attached hydrogen (secondary N) is 1. The van der Waals surface area contributed by atoms with Gasteiger partial charge in [0.05, 0.1) is 25.9 Å². The van der Waals surface area contributed by atoms with Crippen LogP contribution in [0.25, 0.3) is 0 Å². The van der Waals surface area contributed by atoms with E-state index in [1.165, 1.54) is 0 Å². The Morgan fingerprint density at radius 3 is 2.76 bits per heavy atom. The number of halogens is 1. The zero-order valence-corrected chi connectivity index (χ0v) is 17.2. The molecule has 1 aromatic heterocycles. The van der Waals surface area contributed by atoms with Gasteiger partial charge in [0.25, 0.3) is 0 Å². The van der Waals surface area contributed by atoms with Crippen LogP contribution >= 0.6 is 24.0 Å². The summed E-state index contributed by atoms with van der Waals surface area (Å²) in [6.07, 6.45) is 6.00. The standard InChI is InChI=1S/C16H26N6O2.HI/c1-17-16(18-10-15(23)21-5-3-4-6-21)22-7-8-24-14(12-22)13-9-19-20(2)11-13;/h9,11,14H,3-8,10,12H2,1-2H3,(H,17,18);1H. The topological polar surface area (TPSA) is 75.0 Å². The van der Waals surface area contributed by atoms with E-state index < -0.39 is 0 Å². The summed E-state index contributed by atoms with van der Waals surface area (Å²) in [5.74, 6) is 0.894. The normalized spacial score (nSPS) is 21.2. The van der Waals surface area contributed by atoms with E-state index in [1.54, 1.807) is 11.7 Å². The number of carbonyl (C=O) groups is 1. The number of nitrogens with zero attached hydrogens (tertiary/aromatic N) is 5. The molecule has 0 aromatic carbocycles. The molecule has 0 spiro atoms. The number of aliphatic imine (C=N–C) groups is 1. The Morgan fingerprint density at radius 2 is 2.12 bits per heavy atom. The molecule has 1 N–H and O–H groups in total. The lowest BCUT2D eigenvalue weighted by Crippen LogP contribution is -2.50. The lowest BCUT2D eigenvalue weighted by atomic mass is 10.1. The van der Waals surface area contributed by atoms with Gasteiger partial charge in [0.2, 0.25) is 5.91 Å². The molecule has 2 aliphatic heterocycles. The largest absolute Gasteiger partial charge is 0.370 e. The van der Waals surface area contributed by atoms with Crippen LogP contribution in [0.15, 0.2) is 17.4 Å². The first-order valence-corrected chi connectivity index (χ1v) is 8.51. The summed E-state index contributed by atoms with van der Waals surface area (Å²) in [5.41, 5.74) is 1.06. The predicted octanol–water partition coefficient (Wildman–Crippen LogP) is 0.609. The molecule has 1 atom stereocenters. The summed E-state index contributed by atoms with van der Waals surface area (Å²) in [5, 5.41) is 7.41. The van der Waals surface area contributed by atoms with E-state index in [0.717, 1.165) is 44.0 Å². The Balaban J connectivity index is 0.00000225. The van der Waals surface area contributed by atoms with Crippen LogP contribution in [-0.4, -0.2) is 77.8 Å². The lowest BCUT2D eigenvalue weighted by molar-refractivity contribution is -0.128. The summed E-state index contributed by atoms with van der Waals surface area (Å²) < 4.78 is 7.63. The average molecular weight is 462 g/mol. The van der Waals surface area contributed by atoms with E-state index in [1.807, 2.05) is 24.3 Å². The van der Waals surface area contributed by atoms with Crippen LogP contribution in [0, 0.1) is 0 Å². The third-order valence-electron chi connectivity index (χ3n) is 4.53. The molecule has 1 unspecified atom stereocenters. The van der Waals surface area contributed by atoms with Gasteiger partial charge in [-0.1, -0.05) is 0 Å². The van der Waals surface area contributed by atoms with Gasteiger partial charge in [-0.15, -0.1) is 24.0 Å². The number of aryl methyl sites for hydroxylation is 1. The molecular weight excluding hydrogens is 435 g/mol. The van der Waals surface area contributed by atoms with Crippen LogP contribution in [0.5, 0.6) is 0 Å². The monoisotopic (exact) mass is 462 g/mol. The van der Waals surface area contributed by atoms with Crippen molar-refractivity contribution in [2.45, 2.75) is 18.9 Å². The van der Waals surface area contributed by atoms with Crippen molar-refractivity contribution in [1.82, 2.24) is 24.9 Å². The Labute approximate surface area is 165 Å². The van der Waals surface area contributed by atoms with Crippen LogP contribution in [-0.2, 0) is 16.6 Å². The number of likely N-dealkylation sites (tertiary alicyclic amines) is 1. The van der Waals surface area contributed by atoms with Crippen molar-refractivity contribution in [2.75, 3.05) is 46.4 Å². The van der Waals surface area contributed by atoms with Crippen molar-refractivity contribution in [3.63, 3.8) is 0 Å². The molecule has 9 heteroatoms. The Morgan fingerprint density at radius 1 is 1.36 bits per heavy atom. The van der Waals surface area contributed by atoms with E-state index in [9.17, 15) is 4.79 Å². The highest BCUT2D eigenvalue weighted by Crippen LogP contribution is 2.21. The smallest absolute Gasteiger partial charge is 0.241 e. The van der Waals surface area contributed by atoms with Crippen molar-refractivity contribution in [3.05, 3.63) is 18.0 Å². The van der Waals surface area contributed by atoms with E-state index in [2.05, 4.69) is 20.3 Å². The summed E-state index contributed by atoms with van der Waals surface area (Å²) in [6, 6.07) is 0. The highest BCUT2D eigenvalue weighted by molar-refractivity contribution is 14.0. The maximum Gasteiger partial charge on any atom is 0.241 e. The second-order valence-corrected chi connectivity index (χ2v) is 6.24. The molecule has 2 saturated heterocycles. The Kier molecular flexibility index (Phi) is 7.48. The van der Waals surface area contributed by atoms with E-state index in [0.29, 0.717) is 19.7 Å². The van der Waals surface area contributed by atoms with Crippen molar-refractivity contribution < 1.29 is 9.53 Å². The highest BCUT2D eigenvalue weighted by atomic mass is 127. The minimum Gasteiger partial charge on any atom is -0.370 e. The van der Waals surface area contributed by atoms with Crippen LogP contribution in [0.4, 0.5) is 0 Å². The van der Waals surface area contributed by atoms with Crippen molar-refractivity contribution >= 4 is 35.8 Å². The molecule has 2 fully saturated rings. The fourth-order valence-corrected chi connectivity index (χ4v) is 3.22. The highest BCUT2D eigenvalue weighted by Gasteiger charge is 2.26. The molecule has 0 radical (unpaired) electrons. The SMILES string of the molecule is CN=C(NCC(=O)N1CCCC1)N1CCOC(c2cnn(C)c2)C1.I. The molecule has 140 valence electrons. The van der Waals surface area contributed by atoms with Gasteiger partial charge in [-0.05, 0) is 12.8 Å². The molecule has 25 heavy (non-hydrogen) atoms. The molecule has 3 heterocycles. The first kappa shape index (κ1) is 20.0. The van der Waals surface area contributed by atoms with Crippen LogP contribution in [0.1, 0.15) is 24.5 Å². The summed E-state index contributed by atoms with van der Waals surface area (Å²) in [4.78, 5) is 20.6. The van der Waals surface area contributed by atoms with E-state index in [-0.39, 0.29) is 36.0 Å². The van der Waals surface area contributed by atoms with Crippen molar-refractivity contribution in [1.29, 1.82) is 0 Å². The van der Waals surface area contributed by atoms with Crippen molar-refractivity contribution in [2.24, 2.45) is 12.0 Å². The van der Waals surface area contributed by atoms with Crippen molar-refractivity contribution in [3.8, 4) is 0 Å². The Bertz CT molecular complexity index is 599. The summed E-state index contributed by atoms with van der Waals surface area (Å²) in [7, 11) is 3.64. The minimum absolute atomic E-state index is 0. The second-order valence-electron chi connectivity index (χ2n) is 6.24. The molecule has 1 amide bonds. The zero-order chi connectivity index (χ0) is 16.9. The maximum atomic E-state index is 12.2. The molecule has 1 aromatic rings. The van der Waals surface area contributed by atoms with Gasteiger partial charge in [0.15, 0.2) is 5.96 Å². The zero-order valence-electron chi connectivity index (χ0n) is 14.8. The van der Waals surface area contributed by atoms with Crippen LogP contribution in [0.3, 0.4) is 0 Å². The van der Waals surface area contributed by atoms with Gasteiger partial charge in [0, 0.05) is 45.5 Å². The minimum atomic E-state index is -0.0275. The fraction of sp³-hybridized carbons (Fsp3) is 0.688. The number of hydrogen-bond donors (Lipinski definition) is 1. The maximum absolute atomic E-state index is 12.2. The number of guanidine groups is 1. The second kappa shape index (κ2) is 9.37. The lowest BCUT2D eigenvalue weighted by Gasteiger charge is -2.34. The number of hydrogen-bond acceptors (Lipinski definition) is 4. The van der Waals surface area contributed by atoms with Gasteiger partial charge >= 0.3 is 0 Å². The molecule has 0 aliphatic carbocycles. The van der Waals surface area contributed by atoms with Crippen LogP contribution in [0.2, 0.25) is 0 Å². The van der Waals surface area contributed by atoms with Gasteiger partial charge in [0.1, 0.15) is 6.10 Å². The molecule has 3 rings (SSSR count). The number of amides is 1. The number of carbonyl (C=O) groups excluding carboxylic acids is 1. The predicted molar refractivity (Wildman–Crippen MR) is 106 cm³/mol. The first-order valence-electron chi connectivity index (χ1n) is 8.51. The quantitative estimate of drug-likeness (QED) is 0.405. The van der Waals surface area contributed by atoms with Gasteiger partial charge in [-0.3, -0.25) is 14.5 Å².